The highest BCUT2D eigenvalue weighted by Gasteiger charge is 2.18. The molecule has 2 heterocycles. The molecule has 0 radical (unpaired) electrons. The fourth-order valence-electron chi connectivity index (χ4n) is 3.71. The lowest BCUT2D eigenvalue weighted by atomic mass is 10.1. The standard InChI is InChI=1S/C20H26N4/c1-16-4-2-3-5-20(16)24-12-10-23(11-13-24)15-17-6-7-18-19(14-17)22-9-8-21-18/h2-7,14,21-22H,8-13,15H2,1H3. The van der Waals surface area contributed by atoms with E-state index in [1.165, 1.54) is 28.2 Å². The van der Waals surface area contributed by atoms with Crippen molar-refractivity contribution in [1.29, 1.82) is 0 Å². The number of nitrogens with one attached hydrogen (secondary N) is 2. The molecule has 1 fully saturated rings. The number of anilines is 3. The summed E-state index contributed by atoms with van der Waals surface area (Å²) < 4.78 is 0. The normalized spacial score (nSPS) is 17.8. The van der Waals surface area contributed by atoms with Gasteiger partial charge >= 0.3 is 0 Å². The average Bonchev–Trinajstić information content (AvgIpc) is 2.63. The van der Waals surface area contributed by atoms with Gasteiger partial charge in [-0.3, -0.25) is 4.90 Å². The van der Waals surface area contributed by atoms with Crippen LogP contribution in [0.15, 0.2) is 42.5 Å². The lowest BCUT2D eigenvalue weighted by molar-refractivity contribution is 0.250. The Bertz CT molecular complexity index is 705. The van der Waals surface area contributed by atoms with Crippen LogP contribution in [-0.2, 0) is 6.54 Å². The summed E-state index contributed by atoms with van der Waals surface area (Å²) in [6.07, 6.45) is 0. The van der Waals surface area contributed by atoms with Gasteiger partial charge in [0.1, 0.15) is 0 Å². The number of para-hydroxylation sites is 1. The minimum atomic E-state index is 1.01. The number of hydrogen-bond acceptors (Lipinski definition) is 4. The molecule has 2 aliphatic rings. The Balaban J connectivity index is 1.37. The summed E-state index contributed by atoms with van der Waals surface area (Å²) in [5.74, 6) is 0. The number of fused-ring (bicyclic) bond motifs is 1. The molecule has 24 heavy (non-hydrogen) atoms. The molecule has 0 aromatic heterocycles. The van der Waals surface area contributed by atoms with E-state index < -0.39 is 0 Å². The largest absolute Gasteiger partial charge is 0.382 e. The Kier molecular flexibility index (Phi) is 4.30. The maximum Gasteiger partial charge on any atom is 0.0579 e. The van der Waals surface area contributed by atoms with E-state index in [0.717, 1.165) is 45.8 Å². The second-order valence-electron chi connectivity index (χ2n) is 6.78. The van der Waals surface area contributed by atoms with Gasteiger partial charge in [0.2, 0.25) is 0 Å². The number of hydrogen-bond donors (Lipinski definition) is 2. The Morgan fingerprint density at radius 2 is 1.62 bits per heavy atom. The van der Waals surface area contributed by atoms with Gasteiger partial charge in [0, 0.05) is 51.5 Å². The van der Waals surface area contributed by atoms with Crippen molar-refractivity contribution in [3.63, 3.8) is 0 Å². The molecule has 126 valence electrons. The van der Waals surface area contributed by atoms with E-state index >= 15 is 0 Å². The third kappa shape index (κ3) is 3.20. The summed E-state index contributed by atoms with van der Waals surface area (Å²) in [4.78, 5) is 5.08. The lowest BCUT2D eigenvalue weighted by Crippen LogP contribution is -2.46. The van der Waals surface area contributed by atoms with E-state index in [0.29, 0.717) is 0 Å². The van der Waals surface area contributed by atoms with E-state index in [1.807, 2.05) is 0 Å². The van der Waals surface area contributed by atoms with Gasteiger partial charge in [-0.25, -0.2) is 0 Å². The molecule has 0 saturated carbocycles. The van der Waals surface area contributed by atoms with Crippen LogP contribution in [0.5, 0.6) is 0 Å². The summed E-state index contributed by atoms with van der Waals surface area (Å²) in [7, 11) is 0. The van der Waals surface area contributed by atoms with Gasteiger partial charge in [-0.15, -0.1) is 0 Å². The monoisotopic (exact) mass is 322 g/mol. The molecule has 4 heteroatoms. The molecule has 2 aromatic carbocycles. The van der Waals surface area contributed by atoms with Crippen molar-refractivity contribution in [2.45, 2.75) is 13.5 Å². The highest BCUT2D eigenvalue weighted by atomic mass is 15.3. The van der Waals surface area contributed by atoms with Crippen molar-refractivity contribution in [2.24, 2.45) is 0 Å². The molecule has 2 aromatic rings. The van der Waals surface area contributed by atoms with Crippen molar-refractivity contribution in [1.82, 2.24) is 4.90 Å². The molecule has 0 unspecified atom stereocenters. The zero-order valence-corrected chi connectivity index (χ0v) is 14.4. The van der Waals surface area contributed by atoms with Crippen LogP contribution in [0.25, 0.3) is 0 Å². The van der Waals surface area contributed by atoms with E-state index in [4.69, 9.17) is 0 Å². The molecule has 0 bridgehead atoms. The molecular formula is C20H26N4. The fourth-order valence-corrected chi connectivity index (χ4v) is 3.71. The molecule has 0 spiro atoms. The molecule has 2 aliphatic heterocycles. The molecule has 4 nitrogen and oxygen atoms in total. The van der Waals surface area contributed by atoms with Crippen LogP contribution in [0, 0.1) is 6.92 Å². The van der Waals surface area contributed by atoms with Crippen molar-refractivity contribution in [3.05, 3.63) is 53.6 Å². The third-order valence-electron chi connectivity index (χ3n) is 5.07. The molecule has 2 N–H and O–H groups in total. The Labute approximate surface area is 144 Å². The summed E-state index contributed by atoms with van der Waals surface area (Å²) in [5.41, 5.74) is 6.64. The van der Waals surface area contributed by atoms with Crippen molar-refractivity contribution in [2.75, 3.05) is 54.8 Å². The van der Waals surface area contributed by atoms with Gasteiger partial charge in [-0.05, 0) is 36.2 Å². The Hall–Kier alpha value is -2.20. The van der Waals surface area contributed by atoms with E-state index in [1.54, 1.807) is 0 Å². The van der Waals surface area contributed by atoms with Gasteiger partial charge in [-0.2, -0.15) is 0 Å². The maximum absolute atomic E-state index is 3.49. The van der Waals surface area contributed by atoms with Crippen LogP contribution in [0.4, 0.5) is 17.1 Å². The molecule has 4 rings (SSSR count). The predicted molar refractivity (Wildman–Crippen MR) is 102 cm³/mol. The minimum Gasteiger partial charge on any atom is -0.382 e. The first kappa shape index (κ1) is 15.3. The second kappa shape index (κ2) is 6.73. The number of aryl methyl sites for hydroxylation is 1. The second-order valence-corrected chi connectivity index (χ2v) is 6.78. The highest BCUT2D eigenvalue weighted by molar-refractivity contribution is 5.71. The average molecular weight is 322 g/mol. The van der Waals surface area contributed by atoms with Gasteiger partial charge in [0.05, 0.1) is 11.4 Å². The molecule has 0 amide bonds. The first-order valence-electron chi connectivity index (χ1n) is 8.93. The maximum atomic E-state index is 3.49. The van der Waals surface area contributed by atoms with Crippen LogP contribution >= 0.6 is 0 Å². The molecular weight excluding hydrogens is 296 g/mol. The smallest absolute Gasteiger partial charge is 0.0579 e. The Morgan fingerprint density at radius 3 is 2.42 bits per heavy atom. The van der Waals surface area contributed by atoms with Crippen molar-refractivity contribution in [3.8, 4) is 0 Å². The van der Waals surface area contributed by atoms with Crippen LogP contribution in [0.3, 0.4) is 0 Å². The van der Waals surface area contributed by atoms with E-state index in [2.05, 4.69) is 69.8 Å². The van der Waals surface area contributed by atoms with Gasteiger partial charge < -0.3 is 15.5 Å². The van der Waals surface area contributed by atoms with Crippen LogP contribution in [0.2, 0.25) is 0 Å². The number of piperazine rings is 1. The van der Waals surface area contributed by atoms with Crippen LogP contribution in [0.1, 0.15) is 11.1 Å². The van der Waals surface area contributed by atoms with Gasteiger partial charge in [0.15, 0.2) is 0 Å². The molecule has 0 atom stereocenters. The van der Waals surface area contributed by atoms with Crippen LogP contribution in [-0.4, -0.2) is 44.2 Å². The zero-order chi connectivity index (χ0) is 16.4. The lowest BCUT2D eigenvalue weighted by Gasteiger charge is -2.37. The summed E-state index contributed by atoms with van der Waals surface area (Å²) in [6, 6.07) is 15.5. The van der Waals surface area contributed by atoms with Crippen LogP contribution < -0.4 is 15.5 Å². The first-order valence-corrected chi connectivity index (χ1v) is 8.93. The topological polar surface area (TPSA) is 30.5 Å². The van der Waals surface area contributed by atoms with Crippen molar-refractivity contribution < 1.29 is 0 Å². The van der Waals surface area contributed by atoms with Crippen molar-refractivity contribution >= 4 is 17.1 Å². The summed E-state index contributed by atoms with van der Waals surface area (Å²) in [5, 5.41) is 6.93. The quantitative estimate of drug-likeness (QED) is 0.909. The number of nitrogens with zero attached hydrogens (tertiary/aromatic N) is 2. The molecule has 0 aliphatic carbocycles. The zero-order valence-electron chi connectivity index (χ0n) is 14.4. The summed E-state index contributed by atoms with van der Waals surface area (Å²) >= 11 is 0. The highest BCUT2D eigenvalue weighted by Crippen LogP contribution is 2.26. The SMILES string of the molecule is Cc1ccccc1N1CCN(Cc2ccc3c(c2)NCCN3)CC1. The minimum absolute atomic E-state index is 1.01. The van der Waals surface area contributed by atoms with E-state index in [-0.39, 0.29) is 0 Å². The fraction of sp³-hybridized carbons (Fsp3) is 0.400. The molecule has 1 saturated heterocycles. The predicted octanol–water partition coefficient (Wildman–Crippen LogP) is 3.15. The van der Waals surface area contributed by atoms with Gasteiger partial charge in [0.25, 0.3) is 0 Å². The number of benzene rings is 2. The summed E-state index contributed by atoms with van der Waals surface area (Å²) in [6.45, 7) is 9.71. The Morgan fingerprint density at radius 1 is 0.875 bits per heavy atom. The van der Waals surface area contributed by atoms with E-state index in [9.17, 15) is 0 Å². The van der Waals surface area contributed by atoms with Gasteiger partial charge in [-0.1, -0.05) is 24.3 Å². The third-order valence-corrected chi connectivity index (χ3v) is 5.07. The number of rotatable bonds is 3. The first-order chi connectivity index (χ1) is 11.8.